The maximum atomic E-state index is 13.1. The predicted octanol–water partition coefficient (Wildman–Crippen LogP) is 2.77. The minimum absolute atomic E-state index is 0.0365. The normalized spacial score (nSPS) is 11.7. The first-order valence-electron chi connectivity index (χ1n) is 4.76. The summed E-state index contributed by atoms with van der Waals surface area (Å²) in [7, 11) is 0. The lowest BCUT2D eigenvalue weighted by Crippen LogP contribution is -2.06. The highest BCUT2D eigenvalue weighted by molar-refractivity contribution is 5.73. The fourth-order valence-electron chi connectivity index (χ4n) is 1.49. The van der Waals surface area contributed by atoms with Crippen molar-refractivity contribution >= 4 is 5.82 Å². The van der Waals surface area contributed by atoms with E-state index in [9.17, 15) is 8.78 Å². The summed E-state index contributed by atoms with van der Waals surface area (Å²) in [5.41, 5.74) is 6.85. The number of hydrogen-bond donors (Lipinski definition) is 2. The van der Waals surface area contributed by atoms with Gasteiger partial charge in [-0.3, -0.25) is 5.10 Å². The number of rotatable bonds is 2. The molecule has 2 rings (SSSR count). The van der Waals surface area contributed by atoms with Crippen molar-refractivity contribution in [1.82, 2.24) is 10.2 Å². The number of nitrogens with zero attached hydrogens (tertiary/aromatic N) is 1. The van der Waals surface area contributed by atoms with Crippen molar-refractivity contribution in [2.75, 3.05) is 5.73 Å². The number of nitrogen functional groups attached to an aromatic ring is 1. The Hall–Kier alpha value is -1.91. The number of hydrogen-bond acceptors (Lipinski definition) is 2. The molecular formula is C11H11F2N3. The molecule has 0 bridgehead atoms. The summed E-state index contributed by atoms with van der Waals surface area (Å²) >= 11 is 0. The van der Waals surface area contributed by atoms with Gasteiger partial charge in [-0.2, -0.15) is 5.10 Å². The SMILES string of the molecule is CC(F)(F)c1cccc(-c2cn[nH]c2N)c1. The van der Waals surface area contributed by atoms with Crippen LogP contribution in [0, 0.1) is 0 Å². The van der Waals surface area contributed by atoms with Crippen molar-refractivity contribution in [2.24, 2.45) is 0 Å². The maximum Gasteiger partial charge on any atom is 0.270 e. The molecule has 2 aromatic rings. The fourth-order valence-corrected chi connectivity index (χ4v) is 1.49. The standard InChI is InChI=1S/C11H11F2N3/c1-11(12,13)8-4-2-3-7(5-8)9-6-15-16-10(9)14/h2-6H,1H3,(H3,14,15,16). The molecular weight excluding hydrogens is 212 g/mol. The molecule has 0 aliphatic carbocycles. The van der Waals surface area contributed by atoms with E-state index >= 15 is 0 Å². The molecule has 3 nitrogen and oxygen atoms in total. The minimum atomic E-state index is -2.85. The van der Waals surface area contributed by atoms with Gasteiger partial charge in [0.2, 0.25) is 0 Å². The molecule has 3 N–H and O–H groups in total. The van der Waals surface area contributed by atoms with Crippen LogP contribution in [-0.4, -0.2) is 10.2 Å². The van der Waals surface area contributed by atoms with Crippen LogP contribution in [0.2, 0.25) is 0 Å². The van der Waals surface area contributed by atoms with E-state index in [1.807, 2.05) is 0 Å². The Morgan fingerprint density at radius 2 is 2.12 bits per heavy atom. The summed E-state index contributed by atoms with van der Waals surface area (Å²) in [6, 6.07) is 6.10. The molecule has 84 valence electrons. The van der Waals surface area contributed by atoms with Gasteiger partial charge in [0.05, 0.1) is 6.20 Å². The molecule has 0 fully saturated rings. The van der Waals surface area contributed by atoms with Crippen LogP contribution in [0.1, 0.15) is 12.5 Å². The molecule has 1 aromatic carbocycles. The highest BCUT2D eigenvalue weighted by Gasteiger charge is 2.24. The second-order valence-corrected chi connectivity index (χ2v) is 3.67. The van der Waals surface area contributed by atoms with Crippen molar-refractivity contribution in [1.29, 1.82) is 0 Å². The average Bonchev–Trinajstić information content (AvgIpc) is 2.63. The number of halogens is 2. The number of aromatic nitrogens is 2. The predicted molar refractivity (Wildman–Crippen MR) is 58.0 cm³/mol. The maximum absolute atomic E-state index is 13.1. The van der Waals surface area contributed by atoms with E-state index in [2.05, 4.69) is 10.2 Å². The first kappa shape index (κ1) is 10.6. The van der Waals surface area contributed by atoms with Gasteiger partial charge in [-0.15, -0.1) is 0 Å². The Kier molecular flexibility index (Phi) is 2.38. The van der Waals surface area contributed by atoms with E-state index in [-0.39, 0.29) is 5.56 Å². The number of benzene rings is 1. The second kappa shape index (κ2) is 3.59. The molecule has 0 saturated heterocycles. The van der Waals surface area contributed by atoms with Gasteiger partial charge in [-0.25, -0.2) is 8.78 Å². The molecule has 0 aliphatic heterocycles. The van der Waals surface area contributed by atoms with E-state index < -0.39 is 5.92 Å². The summed E-state index contributed by atoms with van der Waals surface area (Å²) < 4.78 is 26.2. The summed E-state index contributed by atoms with van der Waals surface area (Å²) in [6.07, 6.45) is 1.52. The van der Waals surface area contributed by atoms with E-state index in [0.717, 1.165) is 6.92 Å². The average molecular weight is 223 g/mol. The van der Waals surface area contributed by atoms with Gasteiger partial charge in [-0.05, 0) is 11.6 Å². The topological polar surface area (TPSA) is 54.7 Å². The summed E-state index contributed by atoms with van der Waals surface area (Å²) in [5, 5.41) is 6.32. The van der Waals surface area contributed by atoms with Crippen molar-refractivity contribution in [3.05, 3.63) is 36.0 Å². The molecule has 0 spiro atoms. The van der Waals surface area contributed by atoms with Gasteiger partial charge in [0, 0.05) is 18.1 Å². The molecule has 1 aromatic heterocycles. The van der Waals surface area contributed by atoms with Crippen LogP contribution in [0.5, 0.6) is 0 Å². The van der Waals surface area contributed by atoms with Crippen LogP contribution in [-0.2, 0) is 5.92 Å². The Morgan fingerprint density at radius 3 is 2.69 bits per heavy atom. The van der Waals surface area contributed by atoms with Gasteiger partial charge < -0.3 is 5.73 Å². The van der Waals surface area contributed by atoms with Crippen molar-refractivity contribution in [3.63, 3.8) is 0 Å². The molecule has 0 unspecified atom stereocenters. The van der Waals surface area contributed by atoms with Gasteiger partial charge in [0.1, 0.15) is 5.82 Å². The van der Waals surface area contributed by atoms with E-state index in [1.54, 1.807) is 12.1 Å². The number of nitrogens with two attached hydrogens (primary N) is 1. The lowest BCUT2D eigenvalue weighted by Gasteiger charge is -2.11. The third-order valence-corrected chi connectivity index (χ3v) is 2.35. The molecule has 0 aliphatic rings. The van der Waals surface area contributed by atoms with Gasteiger partial charge in [-0.1, -0.05) is 18.2 Å². The first-order chi connectivity index (χ1) is 7.48. The Labute approximate surface area is 91.3 Å². The van der Waals surface area contributed by atoms with Crippen LogP contribution in [0.3, 0.4) is 0 Å². The molecule has 0 amide bonds. The van der Waals surface area contributed by atoms with Crippen LogP contribution in [0.15, 0.2) is 30.5 Å². The summed E-state index contributed by atoms with van der Waals surface area (Å²) in [5.74, 6) is -2.48. The molecule has 1 heterocycles. The van der Waals surface area contributed by atoms with Gasteiger partial charge in [0.15, 0.2) is 0 Å². The molecule has 0 saturated carbocycles. The minimum Gasteiger partial charge on any atom is -0.384 e. The number of aromatic amines is 1. The molecule has 0 atom stereocenters. The highest BCUT2D eigenvalue weighted by atomic mass is 19.3. The van der Waals surface area contributed by atoms with Crippen LogP contribution >= 0.6 is 0 Å². The largest absolute Gasteiger partial charge is 0.384 e. The van der Waals surface area contributed by atoms with Gasteiger partial charge >= 0.3 is 0 Å². The van der Waals surface area contributed by atoms with Crippen LogP contribution in [0.25, 0.3) is 11.1 Å². The zero-order chi connectivity index (χ0) is 11.8. The number of anilines is 1. The zero-order valence-electron chi connectivity index (χ0n) is 8.67. The molecule has 0 radical (unpaired) electrons. The monoisotopic (exact) mass is 223 g/mol. The first-order valence-corrected chi connectivity index (χ1v) is 4.76. The van der Waals surface area contributed by atoms with Crippen LogP contribution < -0.4 is 5.73 Å². The van der Waals surface area contributed by atoms with Crippen molar-refractivity contribution in [2.45, 2.75) is 12.8 Å². The number of alkyl halides is 2. The highest BCUT2D eigenvalue weighted by Crippen LogP contribution is 2.31. The van der Waals surface area contributed by atoms with Crippen LogP contribution in [0.4, 0.5) is 14.6 Å². The number of H-pyrrole nitrogens is 1. The molecule has 16 heavy (non-hydrogen) atoms. The van der Waals surface area contributed by atoms with Crippen molar-refractivity contribution in [3.8, 4) is 11.1 Å². The van der Waals surface area contributed by atoms with E-state index in [1.165, 1.54) is 18.3 Å². The Balaban J connectivity index is 2.49. The lowest BCUT2D eigenvalue weighted by molar-refractivity contribution is 0.0175. The quantitative estimate of drug-likeness (QED) is 0.822. The van der Waals surface area contributed by atoms with Gasteiger partial charge in [0.25, 0.3) is 5.92 Å². The smallest absolute Gasteiger partial charge is 0.270 e. The third-order valence-electron chi connectivity index (χ3n) is 2.35. The third kappa shape index (κ3) is 1.88. The second-order valence-electron chi connectivity index (χ2n) is 3.67. The number of nitrogens with one attached hydrogen (secondary N) is 1. The van der Waals surface area contributed by atoms with Crippen molar-refractivity contribution < 1.29 is 8.78 Å². The summed E-state index contributed by atoms with van der Waals surface area (Å²) in [4.78, 5) is 0. The fraction of sp³-hybridized carbons (Fsp3) is 0.182. The summed E-state index contributed by atoms with van der Waals surface area (Å²) in [6.45, 7) is 0.866. The Morgan fingerprint density at radius 1 is 1.38 bits per heavy atom. The van der Waals surface area contributed by atoms with E-state index in [0.29, 0.717) is 16.9 Å². The lowest BCUT2D eigenvalue weighted by atomic mass is 10.0. The zero-order valence-corrected chi connectivity index (χ0v) is 8.67. The molecule has 5 heteroatoms. The van der Waals surface area contributed by atoms with E-state index in [4.69, 9.17) is 5.73 Å². The Bertz CT molecular complexity index is 500.